The summed E-state index contributed by atoms with van der Waals surface area (Å²) in [5, 5.41) is 12.7. The number of aromatic hydroxyl groups is 1. The van der Waals surface area contributed by atoms with Crippen molar-refractivity contribution in [1.29, 1.82) is 0 Å². The molecule has 0 fully saturated rings. The van der Waals surface area contributed by atoms with Crippen molar-refractivity contribution >= 4 is 45.3 Å². The fourth-order valence-corrected chi connectivity index (χ4v) is 4.40. The van der Waals surface area contributed by atoms with Gasteiger partial charge in [-0.15, -0.1) is 0 Å². The van der Waals surface area contributed by atoms with Crippen LogP contribution in [0.25, 0.3) is 6.08 Å². The summed E-state index contributed by atoms with van der Waals surface area (Å²) in [5.41, 5.74) is 1.82. The molecule has 0 radical (unpaired) electrons. The summed E-state index contributed by atoms with van der Waals surface area (Å²) in [7, 11) is -2.91. The second kappa shape index (κ2) is 11.7. The average Bonchev–Trinajstić information content (AvgIpc) is 2.84. The van der Waals surface area contributed by atoms with Crippen LogP contribution in [0.1, 0.15) is 11.1 Å². The molecular formula is C25H23ClN2O6S. The molecule has 0 saturated heterocycles. The van der Waals surface area contributed by atoms with Crippen molar-refractivity contribution < 1.29 is 27.9 Å². The molecule has 35 heavy (non-hydrogen) atoms. The Kier molecular flexibility index (Phi) is 8.64. The molecule has 0 aliphatic rings. The summed E-state index contributed by atoms with van der Waals surface area (Å²) in [4.78, 5) is 24.3. The molecular weight excluding hydrogens is 492 g/mol. The predicted molar refractivity (Wildman–Crippen MR) is 133 cm³/mol. The molecule has 1 atom stereocenters. The first-order chi connectivity index (χ1) is 16.7. The summed E-state index contributed by atoms with van der Waals surface area (Å²) in [6.07, 6.45) is 3.00. The van der Waals surface area contributed by atoms with Gasteiger partial charge in [0, 0.05) is 16.8 Å². The normalized spacial score (nSPS) is 12.3. The van der Waals surface area contributed by atoms with E-state index in [0.717, 1.165) is 5.56 Å². The molecule has 0 unspecified atom stereocenters. The van der Waals surface area contributed by atoms with Gasteiger partial charge in [-0.05, 0) is 72.2 Å². The number of methoxy groups -OCH3 is 1. The highest BCUT2D eigenvalue weighted by atomic mass is 35.5. The van der Waals surface area contributed by atoms with E-state index in [4.69, 9.17) is 16.3 Å². The van der Waals surface area contributed by atoms with Crippen LogP contribution in [0.5, 0.6) is 5.75 Å². The third-order valence-corrected chi connectivity index (χ3v) is 6.63. The number of phenolic OH excluding ortho intramolecular Hbond substituents is 1. The Morgan fingerprint density at radius 1 is 1.00 bits per heavy atom. The molecule has 3 rings (SSSR count). The van der Waals surface area contributed by atoms with Crippen LogP contribution >= 0.6 is 11.6 Å². The second-order valence-corrected chi connectivity index (χ2v) is 9.62. The summed E-state index contributed by atoms with van der Waals surface area (Å²) in [6, 6.07) is 17.3. The van der Waals surface area contributed by atoms with Crippen LogP contribution in [-0.4, -0.2) is 38.6 Å². The Labute approximate surface area is 208 Å². The summed E-state index contributed by atoms with van der Waals surface area (Å²) in [6.45, 7) is 0. The van der Waals surface area contributed by atoms with E-state index in [9.17, 15) is 23.1 Å². The van der Waals surface area contributed by atoms with E-state index in [1.165, 1.54) is 49.6 Å². The molecule has 0 aromatic heterocycles. The highest BCUT2D eigenvalue weighted by Crippen LogP contribution is 2.17. The molecule has 0 aliphatic heterocycles. The Bertz CT molecular complexity index is 1310. The number of hydrogen-bond acceptors (Lipinski definition) is 6. The maximum absolute atomic E-state index is 12.9. The number of ether oxygens (including phenoxy) is 1. The van der Waals surface area contributed by atoms with Gasteiger partial charge in [0.05, 0.1) is 12.0 Å². The van der Waals surface area contributed by atoms with Gasteiger partial charge in [-0.3, -0.25) is 9.59 Å². The minimum atomic E-state index is -4.08. The van der Waals surface area contributed by atoms with Crippen LogP contribution in [0.2, 0.25) is 5.02 Å². The molecule has 0 aliphatic carbocycles. The number of carbonyl (C=O) groups is 2. The van der Waals surface area contributed by atoms with Crippen LogP contribution in [0.3, 0.4) is 0 Å². The number of anilines is 1. The molecule has 10 heteroatoms. The van der Waals surface area contributed by atoms with E-state index in [1.54, 1.807) is 42.5 Å². The first kappa shape index (κ1) is 26.0. The number of phenols is 1. The van der Waals surface area contributed by atoms with Gasteiger partial charge in [-0.1, -0.05) is 35.9 Å². The van der Waals surface area contributed by atoms with Gasteiger partial charge in [-0.25, -0.2) is 8.42 Å². The lowest BCUT2D eigenvalue weighted by atomic mass is 10.1. The fraction of sp³-hybridized carbons (Fsp3) is 0.120. The number of carbonyl (C=O) groups excluding carboxylic acids is 2. The van der Waals surface area contributed by atoms with Crippen molar-refractivity contribution in [3.05, 3.63) is 95.0 Å². The molecule has 0 saturated carbocycles. The highest BCUT2D eigenvalue weighted by molar-refractivity contribution is 7.89. The van der Waals surface area contributed by atoms with Crippen LogP contribution in [0, 0.1) is 0 Å². The van der Waals surface area contributed by atoms with Crippen molar-refractivity contribution in [3.8, 4) is 5.75 Å². The number of amides is 1. The van der Waals surface area contributed by atoms with Gasteiger partial charge in [-0.2, -0.15) is 4.72 Å². The predicted octanol–water partition coefficient (Wildman–Crippen LogP) is 3.76. The van der Waals surface area contributed by atoms with Crippen molar-refractivity contribution in [3.63, 3.8) is 0 Å². The van der Waals surface area contributed by atoms with Gasteiger partial charge < -0.3 is 15.2 Å². The van der Waals surface area contributed by atoms with E-state index in [2.05, 4.69) is 10.0 Å². The molecule has 8 nitrogen and oxygen atoms in total. The van der Waals surface area contributed by atoms with Crippen molar-refractivity contribution in [2.24, 2.45) is 0 Å². The average molecular weight is 515 g/mol. The zero-order valence-corrected chi connectivity index (χ0v) is 20.2. The lowest BCUT2D eigenvalue weighted by Crippen LogP contribution is -2.42. The zero-order chi connectivity index (χ0) is 25.4. The number of hydrogen-bond donors (Lipinski definition) is 3. The van der Waals surface area contributed by atoms with Crippen molar-refractivity contribution in [2.75, 3.05) is 12.4 Å². The Hall–Kier alpha value is -3.66. The molecule has 1 amide bonds. The summed E-state index contributed by atoms with van der Waals surface area (Å²) >= 11 is 5.84. The Morgan fingerprint density at radius 2 is 1.63 bits per heavy atom. The standard InChI is InChI=1S/C25H23ClN2O6S/c1-34-25(31)23(16-18-4-11-21(29)12-5-18)28-35(32,33)22-13-9-20(10-14-22)27-24(30)15-6-17-2-7-19(26)8-3-17/h2-15,23,28-29H,16H2,1H3,(H,27,30)/b15-6+/t23-/m0/s1. The summed E-state index contributed by atoms with van der Waals surface area (Å²) < 4.78 is 32.8. The third-order valence-electron chi connectivity index (χ3n) is 4.89. The quantitative estimate of drug-likeness (QED) is 0.295. The van der Waals surface area contributed by atoms with Crippen LogP contribution in [-0.2, 0) is 30.8 Å². The molecule has 182 valence electrons. The minimum Gasteiger partial charge on any atom is -0.508 e. The van der Waals surface area contributed by atoms with Crippen molar-refractivity contribution in [1.82, 2.24) is 4.72 Å². The summed E-state index contributed by atoms with van der Waals surface area (Å²) in [5.74, 6) is -1.09. The molecule has 0 spiro atoms. The fourth-order valence-electron chi connectivity index (χ4n) is 3.09. The topological polar surface area (TPSA) is 122 Å². The van der Waals surface area contributed by atoms with Crippen LogP contribution in [0.4, 0.5) is 5.69 Å². The van der Waals surface area contributed by atoms with Crippen molar-refractivity contribution in [2.45, 2.75) is 17.4 Å². The number of rotatable bonds is 9. The largest absolute Gasteiger partial charge is 0.508 e. The second-order valence-electron chi connectivity index (χ2n) is 7.47. The lowest BCUT2D eigenvalue weighted by molar-refractivity contribution is -0.142. The van der Waals surface area contributed by atoms with Gasteiger partial charge in [0.15, 0.2) is 0 Å². The van der Waals surface area contributed by atoms with Gasteiger partial charge in [0.2, 0.25) is 15.9 Å². The number of halogens is 1. The Morgan fingerprint density at radius 3 is 2.23 bits per heavy atom. The highest BCUT2D eigenvalue weighted by Gasteiger charge is 2.27. The number of esters is 1. The number of benzene rings is 3. The first-order valence-corrected chi connectivity index (χ1v) is 12.2. The maximum Gasteiger partial charge on any atom is 0.324 e. The SMILES string of the molecule is COC(=O)[C@H](Cc1ccc(O)cc1)NS(=O)(=O)c1ccc(NC(=O)/C=C/c2ccc(Cl)cc2)cc1. The van der Waals surface area contributed by atoms with E-state index >= 15 is 0 Å². The van der Waals surface area contributed by atoms with Gasteiger partial charge in [0.25, 0.3) is 0 Å². The van der Waals surface area contributed by atoms with E-state index in [1.807, 2.05) is 0 Å². The van der Waals surface area contributed by atoms with E-state index in [-0.39, 0.29) is 17.1 Å². The van der Waals surface area contributed by atoms with E-state index < -0.39 is 27.9 Å². The Balaban J connectivity index is 1.66. The van der Waals surface area contributed by atoms with Crippen LogP contribution < -0.4 is 10.0 Å². The molecule has 3 aromatic carbocycles. The first-order valence-electron chi connectivity index (χ1n) is 10.4. The zero-order valence-electron chi connectivity index (χ0n) is 18.6. The molecule has 3 aromatic rings. The van der Waals surface area contributed by atoms with Crippen LogP contribution in [0.15, 0.2) is 83.8 Å². The number of nitrogens with one attached hydrogen (secondary N) is 2. The molecule has 3 N–H and O–H groups in total. The monoisotopic (exact) mass is 514 g/mol. The van der Waals surface area contributed by atoms with Gasteiger partial charge >= 0.3 is 5.97 Å². The van der Waals surface area contributed by atoms with E-state index in [0.29, 0.717) is 16.3 Å². The molecule has 0 bridgehead atoms. The minimum absolute atomic E-state index is 0.0281. The third kappa shape index (κ3) is 7.68. The lowest BCUT2D eigenvalue weighted by Gasteiger charge is -2.17. The van der Waals surface area contributed by atoms with Gasteiger partial charge in [0.1, 0.15) is 11.8 Å². The maximum atomic E-state index is 12.9. The smallest absolute Gasteiger partial charge is 0.324 e. The molecule has 0 heterocycles. The number of sulfonamides is 1.